The fourth-order valence-corrected chi connectivity index (χ4v) is 2.93. The van der Waals surface area contributed by atoms with Crippen molar-refractivity contribution in [2.45, 2.75) is 40.0 Å². The molecule has 1 aliphatic heterocycles. The summed E-state index contributed by atoms with van der Waals surface area (Å²) in [5, 5.41) is 3.46. The highest BCUT2D eigenvalue weighted by Gasteiger charge is 2.14. The standard InChI is InChI=1S/C18H24N4/c1-13-8-7-9-16(14(13)2)21-17-12-18(20-15(3)19-17)22-10-5-4-6-11-22/h7-9,12H,4-6,10-11H2,1-3H3,(H,19,20,21). The number of piperidine rings is 1. The summed E-state index contributed by atoms with van der Waals surface area (Å²) in [6.07, 6.45) is 3.83. The molecule has 0 aliphatic carbocycles. The van der Waals surface area contributed by atoms with E-state index in [-0.39, 0.29) is 0 Å². The number of benzene rings is 1. The summed E-state index contributed by atoms with van der Waals surface area (Å²) in [7, 11) is 0. The van der Waals surface area contributed by atoms with Crippen LogP contribution in [0.1, 0.15) is 36.2 Å². The molecular weight excluding hydrogens is 272 g/mol. The molecule has 0 atom stereocenters. The van der Waals surface area contributed by atoms with Gasteiger partial charge >= 0.3 is 0 Å². The van der Waals surface area contributed by atoms with Crippen LogP contribution in [0.25, 0.3) is 0 Å². The minimum atomic E-state index is 0.816. The lowest BCUT2D eigenvalue weighted by Gasteiger charge is -2.28. The molecule has 1 saturated heterocycles. The van der Waals surface area contributed by atoms with Crippen molar-refractivity contribution in [1.82, 2.24) is 9.97 Å². The quantitative estimate of drug-likeness (QED) is 0.924. The largest absolute Gasteiger partial charge is 0.356 e. The van der Waals surface area contributed by atoms with Gasteiger partial charge in [-0.2, -0.15) is 0 Å². The summed E-state index contributed by atoms with van der Waals surface area (Å²) in [4.78, 5) is 11.5. The summed E-state index contributed by atoms with van der Waals surface area (Å²) >= 11 is 0. The van der Waals surface area contributed by atoms with Crippen LogP contribution in [0.2, 0.25) is 0 Å². The number of nitrogens with one attached hydrogen (secondary N) is 1. The third kappa shape index (κ3) is 3.21. The predicted octanol–water partition coefficient (Wildman–Crippen LogP) is 4.14. The van der Waals surface area contributed by atoms with Crippen LogP contribution in [-0.4, -0.2) is 23.1 Å². The van der Waals surface area contributed by atoms with Gasteiger partial charge in [-0.1, -0.05) is 12.1 Å². The van der Waals surface area contributed by atoms with Gasteiger partial charge in [0.25, 0.3) is 0 Å². The molecule has 1 aromatic heterocycles. The van der Waals surface area contributed by atoms with Crippen molar-refractivity contribution in [2.75, 3.05) is 23.3 Å². The first kappa shape index (κ1) is 14.8. The maximum Gasteiger partial charge on any atom is 0.136 e. The van der Waals surface area contributed by atoms with Gasteiger partial charge in [-0.3, -0.25) is 0 Å². The number of hydrogen-bond acceptors (Lipinski definition) is 4. The number of anilines is 3. The van der Waals surface area contributed by atoms with E-state index < -0.39 is 0 Å². The Hall–Kier alpha value is -2.10. The molecule has 1 N–H and O–H groups in total. The number of rotatable bonds is 3. The molecule has 0 saturated carbocycles. The number of nitrogens with zero attached hydrogens (tertiary/aromatic N) is 3. The Bertz CT molecular complexity index is 660. The van der Waals surface area contributed by atoms with E-state index in [4.69, 9.17) is 0 Å². The Kier molecular flexibility index (Phi) is 4.27. The Morgan fingerprint density at radius 2 is 1.77 bits per heavy atom. The summed E-state index contributed by atoms with van der Waals surface area (Å²) in [5.41, 5.74) is 3.66. The summed E-state index contributed by atoms with van der Waals surface area (Å²) < 4.78 is 0. The number of hydrogen-bond donors (Lipinski definition) is 1. The SMILES string of the molecule is Cc1nc(Nc2cccc(C)c2C)cc(N2CCCCC2)n1. The third-order valence-electron chi connectivity index (χ3n) is 4.37. The molecule has 4 heteroatoms. The molecule has 2 heterocycles. The van der Waals surface area contributed by atoms with Gasteiger partial charge < -0.3 is 10.2 Å². The molecule has 1 fully saturated rings. The van der Waals surface area contributed by atoms with E-state index >= 15 is 0 Å². The summed E-state index contributed by atoms with van der Waals surface area (Å²) in [6, 6.07) is 8.37. The van der Waals surface area contributed by atoms with Gasteiger partial charge in [0.15, 0.2) is 0 Å². The van der Waals surface area contributed by atoms with Crippen molar-refractivity contribution in [3.63, 3.8) is 0 Å². The fraction of sp³-hybridized carbons (Fsp3) is 0.444. The smallest absolute Gasteiger partial charge is 0.136 e. The van der Waals surface area contributed by atoms with Gasteiger partial charge in [-0.05, 0) is 57.2 Å². The van der Waals surface area contributed by atoms with E-state index in [9.17, 15) is 0 Å². The van der Waals surface area contributed by atoms with Crippen molar-refractivity contribution in [1.29, 1.82) is 0 Å². The molecule has 0 unspecified atom stereocenters. The summed E-state index contributed by atoms with van der Waals surface area (Å²) in [6.45, 7) is 8.42. The molecule has 0 bridgehead atoms. The highest BCUT2D eigenvalue weighted by molar-refractivity contribution is 5.64. The van der Waals surface area contributed by atoms with E-state index in [1.165, 1.54) is 30.4 Å². The van der Waals surface area contributed by atoms with Crippen molar-refractivity contribution >= 4 is 17.3 Å². The van der Waals surface area contributed by atoms with Crippen LogP contribution in [0.3, 0.4) is 0 Å². The zero-order valence-corrected chi connectivity index (χ0v) is 13.7. The van der Waals surface area contributed by atoms with Crippen LogP contribution in [0, 0.1) is 20.8 Å². The van der Waals surface area contributed by atoms with E-state index in [0.717, 1.165) is 36.2 Å². The topological polar surface area (TPSA) is 41.1 Å². The van der Waals surface area contributed by atoms with E-state index in [1.54, 1.807) is 0 Å². The number of aryl methyl sites for hydroxylation is 2. The molecule has 2 aromatic rings. The van der Waals surface area contributed by atoms with Crippen LogP contribution in [-0.2, 0) is 0 Å². The molecule has 1 aromatic carbocycles. The Morgan fingerprint density at radius 3 is 2.55 bits per heavy atom. The van der Waals surface area contributed by atoms with E-state index in [1.807, 2.05) is 6.92 Å². The second-order valence-electron chi connectivity index (χ2n) is 6.08. The highest BCUT2D eigenvalue weighted by atomic mass is 15.2. The first-order valence-electron chi connectivity index (χ1n) is 8.07. The average molecular weight is 296 g/mol. The van der Waals surface area contributed by atoms with Crippen molar-refractivity contribution in [3.05, 3.63) is 41.2 Å². The van der Waals surface area contributed by atoms with Gasteiger partial charge in [0.2, 0.25) is 0 Å². The molecular formula is C18H24N4. The zero-order valence-electron chi connectivity index (χ0n) is 13.7. The van der Waals surface area contributed by atoms with Gasteiger partial charge in [0, 0.05) is 24.8 Å². The van der Waals surface area contributed by atoms with Crippen molar-refractivity contribution < 1.29 is 0 Å². The number of aromatic nitrogens is 2. The summed E-state index contributed by atoms with van der Waals surface area (Å²) in [5.74, 6) is 2.73. The maximum atomic E-state index is 4.61. The zero-order chi connectivity index (χ0) is 15.5. The molecule has 1 aliphatic rings. The lowest BCUT2D eigenvalue weighted by molar-refractivity contribution is 0.572. The highest BCUT2D eigenvalue weighted by Crippen LogP contribution is 2.25. The van der Waals surface area contributed by atoms with Crippen LogP contribution in [0.5, 0.6) is 0 Å². The maximum absolute atomic E-state index is 4.61. The fourth-order valence-electron chi connectivity index (χ4n) is 2.93. The molecule has 0 radical (unpaired) electrons. The normalized spacial score (nSPS) is 15.0. The minimum absolute atomic E-state index is 0.816. The Labute approximate surface area is 132 Å². The Balaban J connectivity index is 1.87. The molecule has 0 amide bonds. The lowest BCUT2D eigenvalue weighted by Crippen LogP contribution is -2.30. The van der Waals surface area contributed by atoms with E-state index in [0.29, 0.717) is 0 Å². The van der Waals surface area contributed by atoms with Gasteiger partial charge in [-0.15, -0.1) is 0 Å². The second-order valence-corrected chi connectivity index (χ2v) is 6.08. The van der Waals surface area contributed by atoms with Crippen LogP contribution >= 0.6 is 0 Å². The average Bonchev–Trinajstić information content (AvgIpc) is 2.52. The molecule has 0 spiro atoms. The molecule has 4 nitrogen and oxygen atoms in total. The lowest BCUT2D eigenvalue weighted by atomic mass is 10.1. The molecule has 116 valence electrons. The van der Waals surface area contributed by atoms with Gasteiger partial charge in [0.1, 0.15) is 17.5 Å². The predicted molar refractivity (Wildman–Crippen MR) is 92.0 cm³/mol. The van der Waals surface area contributed by atoms with Crippen molar-refractivity contribution in [2.24, 2.45) is 0 Å². The molecule has 22 heavy (non-hydrogen) atoms. The minimum Gasteiger partial charge on any atom is -0.356 e. The van der Waals surface area contributed by atoms with Crippen LogP contribution in [0.4, 0.5) is 17.3 Å². The van der Waals surface area contributed by atoms with Crippen LogP contribution in [0.15, 0.2) is 24.3 Å². The van der Waals surface area contributed by atoms with Crippen molar-refractivity contribution in [3.8, 4) is 0 Å². The first-order chi connectivity index (χ1) is 10.6. The van der Waals surface area contributed by atoms with Gasteiger partial charge in [-0.25, -0.2) is 9.97 Å². The monoisotopic (exact) mass is 296 g/mol. The third-order valence-corrected chi connectivity index (χ3v) is 4.37. The first-order valence-corrected chi connectivity index (χ1v) is 8.07. The molecule has 3 rings (SSSR count). The van der Waals surface area contributed by atoms with Gasteiger partial charge in [0.05, 0.1) is 0 Å². The Morgan fingerprint density at radius 1 is 1.00 bits per heavy atom. The van der Waals surface area contributed by atoms with E-state index in [2.05, 4.69) is 58.3 Å². The van der Waals surface area contributed by atoms with Crippen LogP contribution < -0.4 is 10.2 Å². The second kappa shape index (κ2) is 6.34.